The van der Waals surface area contributed by atoms with Crippen LogP contribution in [0.4, 0.5) is 0 Å². The number of thioether (sulfide) groups is 1. The molecule has 4 rings (SSSR count). The average Bonchev–Trinajstić information content (AvgIpc) is 3.25. The molecular formula is C26H28N4O4S. The lowest BCUT2D eigenvalue weighted by Gasteiger charge is -2.20. The zero-order valence-corrected chi connectivity index (χ0v) is 21.1. The van der Waals surface area contributed by atoms with Crippen molar-refractivity contribution in [3.05, 3.63) is 58.7 Å². The SMILES string of the molecule is CCOc1cc(C=C2C(=N)N3N=C(CC)SC3=NC2=O)ccc1OCCOc1c(C)cccc1C. The number of nitrogens with zero attached hydrogens (tertiary/aromatic N) is 3. The molecule has 2 aromatic rings. The Labute approximate surface area is 209 Å². The van der Waals surface area contributed by atoms with Gasteiger partial charge in [0, 0.05) is 0 Å². The Morgan fingerprint density at radius 2 is 1.77 bits per heavy atom. The quantitative estimate of drug-likeness (QED) is 0.382. The van der Waals surface area contributed by atoms with Gasteiger partial charge >= 0.3 is 0 Å². The number of aryl methyl sites for hydroxylation is 2. The van der Waals surface area contributed by atoms with Crippen molar-refractivity contribution in [3.8, 4) is 17.2 Å². The van der Waals surface area contributed by atoms with Crippen LogP contribution < -0.4 is 14.2 Å². The van der Waals surface area contributed by atoms with Gasteiger partial charge in [-0.15, -0.1) is 0 Å². The Balaban J connectivity index is 1.47. The molecule has 9 heteroatoms. The summed E-state index contributed by atoms with van der Waals surface area (Å²) in [4.78, 5) is 16.7. The molecule has 0 saturated carbocycles. The number of ether oxygens (including phenoxy) is 3. The molecule has 2 aromatic carbocycles. The summed E-state index contributed by atoms with van der Waals surface area (Å²) in [5.41, 5.74) is 3.04. The van der Waals surface area contributed by atoms with Gasteiger partial charge in [-0.1, -0.05) is 31.2 Å². The van der Waals surface area contributed by atoms with Crippen LogP contribution in [0, 0.1) is 19.3 Å². The van der Waals surface area contributed by atoms with Gasteiger partial charge in [0.15, 0.2) is 17.3 Å². The molecule has 1 amide bonds. The third-order valence-corrected chi connectivity index (χ3v) is 6.43. The number of rotatable bonds is 9. The molecule has 2 aliphatic rings. The first-order chi connectivity index (χ1) is 16.9. The van der Waals surface area contributed by atoms with E-state index in [9.17, 15) is 4.79 Å². The van der Waals surface area contributed by atoms with Gasteiger partial charge in [0.25, 0.3) is 5.91 Å². The fourth-order valence-corrected chi connectivity index (χ4v) is 4.49. The molecule has 0 spiro atoms. The highest BCUT2D eigenvalue weighted by Gasteiger charge is 2.35. The number of fused-ring (bicyclic) bond motifs is 1. The van der Waals surface area contributed by atoms with E-state index < -0.39 is 5.91 Å². The van der Waals surface area contributed by atoms with Crippen LogP contribution in [0.1, 0.15) is 37.0 Å². The number of amidine groups is 2. The molecule has 1 N–H and O–H groups in total. The van der Waals surface area contributed by atoms with Crippen molar-refractivity contribution < 1.29 is 19.0 Å². The van der Waals surface area contributed by atoms with Crippen molar-refractivity contribution in [2.75, 3.05) is 19.8 Å². The van der Waals surface area contributed by atoms with Gasteiger partial charge in [0.1, 0.15) is 24.0 Å². The van der Waals surface area contributed by atoms with Gasteiger partial charge in [0.2, 0.25) is 5.17 Å². The highest BCUT2D eigenvalue weighted by molar-refractivity contribution is 8.26. The maximum Gasteiger partial charge on any atom is 0.283 e. The molecule has 0 fully saturated rings. The summed E-state index contributed by atoms with van der Waals surface area (Å²) in [6, 6.07) is 11.4. The predicted molar refractivity (Wildman–Crippen MR) is 140 cm³/mol. The van der Waals surface area contributed by atoms with Crippen molar-refractivity contribution in [2.45, 2.75) is 34.1 Å². The van der Waals surface area contributed by atoms with E-state index in [4.69, 9.17) is 19.6 Å². The summed E-state index contributed by atoms with van der Waals surface area (Å²) < 4.78 is 17.6. The van der Waals surface area contributed by atoms with Crippen LogP contribution in [-0.4, -0.2) is 46.8 Å². The molecule has 8 nitrogen and oxygen atoms in total. The van der Waals surface area contributed by atoms with E-state index in [0.717, 1.165) is 28.3 Å². The first-order valence-electron chi connectivity index (χ1n) is 11.5. The van der Waals surface area contributed by atoms with Crippen molar-refractivity contribution >= 4 is 39.8 Å². The number of carbonyl (C=O) groups is 1. The Bertz CT molecular complexity index is 1230. The summed E-state index contributed by atoms with van der Waals surface area (Å²) in [6.45, 7) is 9.10. The van der Waals surface area contributed by atoms with Crippen LogP contribution in [0.25, 0.3) is 6.08 Å². The molecule has 0 unspecified atom stereocenters. The first-order valence-corrected chi connectivity index (χ1v) is 12.3. The van der Waals surface area contributed by atoms with Crippen LogP contribution in [0.15, 0.2) is 52.1 Å². The largest absolute Gasteiger partial charge is 0.490 e. The van der Waals surface area contributed by atoms with Gasteiger partial charge < -0.3 is 14.2 Å². The minimum Gasteiger partial charge on any atom is -0.490 e. The lowest BCUT2D eigenvalue weighted by Crippen LogP contribution is -2.35. The summed E-state index contributed by atoms with van der Waals surface area (Å²) in [7, 11) is 0. The van der Waals surface area contributed by atoms with Crippen LogP contribution in [0.5, 0.6) is 17.2 Å². The maximum atomic E-state index is 12.6. The highest BCUT2D eigenvalue weighted by Crippen LogP contribution is 2.32. The summed E-state index contributed by atoms with van der Waals surface area (Å²) in [5, 5.41) is 15.5. The number of para-hydroxylation sites is 1. The Hall–Kier alpha value is -3.59. The monoisotopic (exact) mass is 492 g/mol. The van der Waals surface area contributed by atoms with Gasteiger partial charge in [-0.2, -0.15) is 15.1 Å². The highest BCUT2D eigenvalue weighted by atomic mass is 32.2. The van der Waals surface area contributed by atoms with Crippen LogP contribution in [0.3, 0.4) is 0 Å². The molecule has 2 aliphatic heterocycles. The maximum absolute atomic E-state index is 12.6. The lowest BCUT2D eigenvalue weighted by molar-refractivity contribution is -0.114. The van der Waals surface area contributed by atoms with E-state index >= 15 is 0 Å². The van der Waals surface area contributed by atoms with Crippen LogP contribution in [0.2, 0.25) is 0 Å². The standard InChI is InChI=1S/C26H28N4O4S/c1-5-22-29-30-24(27)19(25(31)28-26(30)35-22)14-18-10-11-20(21(15-18)32-6-2)33-12-13-34-23-16(3)8-7-9-17(23)4/h7-11,14-15,27H,5-6,12-13H2,1-4H3. The van der Waals surface area contributed by atoms with Crippen LogP contribution >= 0.6 is 11.8 Å². The van der Waals surface area contributed by atoms with E-state index in [1.54, 1.807) is 18.2 Å². The molecule has 0 aliphatic carbocycles. The van der Waals surface area contributed by atoms with E-state index in [0.29, 0.717) is 42.1 Å². The smallest absolute Gasteiger partial charge is 0.283 e. The fraction of sp³-hybridized carbons (Fsp3) is 0.308. The fourth-order valence-electron chi connectivity index (χ4n) is 3.67. The minimum absolute atomic E-state index is 0.0119. The van der Waals surface area contributed by atoms with E-state index in [-0.39, 0.29) is 11.4 Å². The number of carbonyl (C=O) groups excluding carboxylic acids is 1. The van der Waals surface area contributed by atoms with Crippen molar-refractivity contribution in [3.63, 3.8) is 0 Å². The average molecular weight is 493 g/mol. The number of hydrogen-bond acceptors (Lipinski definition) is 7. The normalized spacial score (nSPS) is 16.2. The van der Waals surface area contributed by atoms with Gasteiger partial charge in [0.05, 0.1) is 12.2 Å². The number of hydrogen-bond donors (Lipinski definition) is 1. The molecule has 0 radical (unpaired) electrons. The van der Waals surface area contributed by atoms with Gasteiger partial charge in [-0.3, -0.25) is 10.2 Å². The molecule has 0 atom stereocenters. The topological polar surface area (TPSA) is 96.6 Å². The molecule has 2 heterocycles. The number of hydrazone groups is 1. The summed E-state index contributed by atoms with van der Waals surface area (Å²) in [6.07, 6.45) is 2.35. The molecule has 0 bridgehead atoms. The Kier molecular flexibility index (Phi) is 7.55. The van der Waals surface area contributed by atoms with Crippen LogP contribution in [-0.2, 0) is 4.79 Å². The third kappa shape index (κ3) is 5.40. The second kappa shape index (κ2) is 10.8. The van der Waals surface area contributed by atoms with Gasteiger partial charge in [-0.25, -0.2) is 0 Å². The van der Waals surface area contributed by atoms with Gasteiger partial charge in [-0.05, 0) is 73.9 Å². The summed E-state index contributed by atoms with van der Waals surface area (Å²) >= 11 is 1.32. The zero-order valence-electron chi connectivity index (χ0n) is 20.3. The molecule has 0 aromatic heterocycles. The first kappa shape index (κ1) is 24.5. The third-order valence-electron chi connectivity index (χ3n) is 5.37. The zero-order chi connectivity index (χ0) is 24.9. The lowest BCUT2D eigenvalue weighted by atomic mass is 10.1. The Morgan fingerprint density at radius 1 is 1.03 bits per heavy atom. The molecule has 0 saturated heterocycles. The summed E-state index contributed by atoms with van der Waals surface area (Å²) in [5.74, 6) is 1.56. The molecule has 35 heavy (non-hydrogen) atoms. The van der Waals surface area contributed by atoms with Crippen molar-refractivity contribution in [1.82, 2.24) is 5.01 Å². The second-order valence-corrected chi connectivity index (χ2v) is 8.96. The second-order valence-electron chi connectivity index (χ2n) is 7.92. The number of benzene rings is 2. The number of aliphatic imine (C=N–C) groups is 1. The minimum atomic E-state index is -0.455. The van der Waals surface area contributed by atoms with Crippen molar-refractivity contribution in [2.24, 2.45) is 10.1 Å². The predicted octanol–water partition coefficient (Wildman–Crippen LogP) is 5.19. The number of nitrogens with one attached hydrogen (secondary N) is 1. The van der Waals surface area contributed by atoms with E-state index in [1.807, 2.05) is 52.0 Å². The van der Waals surface area contributed by atoms with Crippen molar-refractivity contribution in [1.29, 1.82) is 5.41 Å². The molecular weight excluding hydrogens is 464 g/mol. The molecule has 182 valence electrons. The Morgan fingerprint density at radius 3 is 2.49 bits per heavy atom. The van der Waals surface area contributed by atoms with E-state index in [1.165, 1.54) is 16.8 Å². The number of amides is 1. The van der Waals surface area contributed by atoms with E-state index in [2.05, 4.69) is 10.1 Å².